The lowest BCUT2D eigenvalue weighted by Gasteiger charge is -2.32. The van der Waals surface area contributed by atoms with E-state index in [1.165, 1.54) is 6.42 Å². The van der Waals surface area contributed by atoms with Crippen molar-refractivity contribution in [3.63, 3.8) is 0 Å². The Morgan fingerprint density at radius 2 is 1.79 bits per heavy atom. The van der Waals surface area contributed by atoms with Crippen LogP contribution >= 0.6 is 0 Å². The second-order valence-electron chi connectivity index (χ2n) is 6.12. The molecule has 2 heteroatoms. The molecule has 106 valence electrons. The minimum atomic E-state index is -0.422. The van der Waals surface area contributed by atoms with Crippen molar-refractivity contribution in [3.8, 4) is 5.75 Å². The lowest BCUT2D eigenvalue weighted by atomic mass is 9.82. The summed E-state index contributed by atoms with van der Waals surface area (Å²) in [6.45, 7) is 6.60. The Kier molecular flexibility index (Phi) is 4.87. The van der Waals surface area contributed by atoms with E-state index in [4.69, 9.17) is 4.74 Å². The van der Waals surface area contributed by atoms with Gasteiger partial charge in [-0.2, -0.15) is 0 Å². The van der Waals surface area contributed by atoms with Crippen LogP contribution < -0.4 is 4.74 Å². The molecule has 0 radical (unpaired) electrons. The predicted molar refractivity (Wildman–Crippen MR) is 78.3 cm³/mol. The monoisotopic (exact) mass is 262 g/mol. The largest absolute Gasteiger partial charge is 0.490 e. The molecule has 0 saturated heterocycles. The van der Waals surface area contributed by atoms with Gasteiger partial charge in [0.1, 0.15) is 5.75 Å². The van der Waals surface area contributed by atoms with E-state index in [-0.39, 0.29) is 0 Å². The molecule has 0 heterocycles. The molecule has 1 fully saturated rings. The van der Waals surface area contributed by atoms with Gasteiger partial charge in [0.2, 0.25) is 0 Å². The fourth-order valence-electron chi connectivity index (χ4n) is 3.23. The topological polar surface area (TPSA) is 29.5 Å². The number of benzene rings is 1. The lowest BCUT2D eigenvalue weighted by molar-refractivity contribution is 0.0944. The van der Waals surface area contributed by atoms with Crippen molar-refractivity contribution in [2.75, 3.05) is 0 Å². The van der Waals surface area contributed by atoms with E-state index >= 15 is 0 Å². The lowest BCUT2D eigenvalue weighted by Crippen LogP contribution is -2.28. The fourth-order valence-corrected chi connectivity index (χ4v) is 3.23. The fraction of sp³-hybridized carbons (Fsp3) is 0.647. The van der Waals surface area contributed by atoms with Gasteiger partial charge < -0.3 is 9.84 Å². The molecule has 3 atom stereocenters. The Bertz CT molecular complexity index is 392. The molecule has 2 rings (SSSR count). The average Bonchev–Trinajstić information content (AvgIpc) is 2.37. The molecular weight excluding hydrogens is 236 g/mol. The van der Waals surface area contributed by atoms with Crippen molar-refractivity contribution < 1.29 is 9.84 Å². The van der Waals surface area contributed by atoms with Crippen molar-refractivity contribution >= 4 is 0 Å². The molecular formula is C17H26O2. The average molecular weight is 262 g/mol. The maximum Gasteiger partial charge on any atom is 0.125 e. The highest BCUT2D eigenvalue weighted by Gasteiger charge is 2.26. The van der Waals surface area contributed by atoms with Crippen molar-refractivity contribution in [3.05, 3.63) is 29.8 Å². The summed E-state index contributed by atoms with van der Waals surface area (Å²) in [7, 11) is 0. The van der Waals surface area contributed by atoms with Crippen LogP contribution in [0.2, 0.25) is 0 Å². The number of para-hydroxylation sites is 1. The van der Waals surface area contributed by atoms with Gasteiger partial charge in [-0.3, -0.25) is 0 Å². The summed E-state index contributed by atoms with van der Waals surface area (Å²) in [6.07, 6.45) is 4.15. The Hall–Kier alpha value is -1.02. The number of rotatable bonds is 4. The first kappa shape index (κ1) is 14.4. The molecule has 1 saturated carbocycles. The molecule has 19 heavy (non-hydrogen) atoms. The normalized spacial score (nSPS) is 28.9. The van der Waals surface area contributed by atoms with Gasteiger partial charge in [-0.25, -0.2) is 0 Å². The number of hydrogen-bond donors (Lipinski definition) is 1. The van der Waals surface area contributed by atoms with Crippen molar-refractivity contribution in [1.82, 2.24) is 0 Å². The van der Waals surface area contributed by atoms with Crippen molar-refractivity contribution in [2.24, 2.45) is 11.8 Å². The quantitative estimate of drug-likeness (QED) is 0.875. The van der Waals surface area contributed by atoms with E-state index in [9.17, 15) is 5.11 Å². The second kappa shape index (κ2) is 6.42. The van der Waals surface area contributed by atoms with Gasteiger partial charge in [-0.05, 0) is 43.6 Å². The zero-order chi connectivity index (χ0) is 13.8. The van der Waals surface area contributed by atoms with E-state index in [1.54, 1.807) is 0 Å². The van der Waals surface area contributed by atoms with Crippen LogP contribution in [0, 0.1) is 11.8 Å². The van der Waals surface area contributed by atoms with Crippen LogP contribution in [0.1, 0.15) is 58.1 Å². The Morgan fingerprint density at radius 1 is 1.16 bits per heavy atom. The molecule has 3 unspecified atom stereocenters. The van der Waals surface area contributed by atoms with Crippen LogP contribution in [0.4, 0.5) is 0 Å². The molecule has 1 aliphatic carbocycles. The first-order chi connectivity index (χ1) is 9.10. The van der Waals surface area contributed by atoms with E-state index in [1.807, 2.05) is 31.2 Å². The first-order valence-corrected chi connectivity index (χ1v) is 7.53. The van der Waals surface area contributed by atoms with Gasteiger partial charge in [-0.15, -0.1) is 0 Å². The Labute approximate surface area is 116 Å². The smallest absolute Gasteiger partial charge is 0.125 e. The van der Waals surface area contributed by atoms with E-state index in [2.05, 4.69) is 13.8 Å². The number of aliphatic hydroxyl groups excluding tert-OH is 1. The summed E-state index contributed by atoms with van der Waals surface area (Å²) in [5.74, 6) is 2.33. The molecule has 2 nitrogen and oxygen atoms in total. The number of hydrogen-bond acceptors (Lipinski definition) is 2. The van der Waals surface area contributed by atoms with Crippen LogP contribution in [-0.2, 0) is 0 Å². The minimum Gasteiger partial charge on any atom is -0.490 e. The Balaban J connectivity index is 2.10. The van der Waals surface area contributed by atoms with E-state index in [0.717, 1.165) is 42.4 Å². The van der Waals surface area contributed by atoms with Gasteiger partial charge in [0, 0.05) is 5.56 Å². The van der Waals surface area contributed by atoms with Crippen molar-refractivity contribution in [1.29, 1.82) is 0 Å². The highest BCUT2D eigenvalue weighted by Crippen LogP contribution is 2.34. The summed E-state index contributed by atoms with van der Waals surface area (Å²) in [4.78, 5) is 0. The molecule has 1 aliphatic rings. The predicted octanol–water partition coefficient (Wildman–Crippen LogP) is 4.33. The zero-order valence-corrected chi connectivity index (χ0v) is 12.3. The number of aliphatic hydroxyl groups is 1. The Morgan fingerprint density at radius 3 is 2.42 bits per heavy atom. The molecule has 1 N–H and O–H groups in total. The molecule has 0 amide bonds. The second-order valence-corrected chi connectivity index (χ2v) is 6.12. The summed E-state index contributed by atoms with van der Waals surface area (Å²) in [5.41, 5.74) is 0.927. The zero-order valence-electron chi connectivity index (χ0n) is 12.3. The molecule has 0 bridgehead atoms. The van der Waals surface area contributed by atoms with Gasteiger partial charge in [0.15, 0.2) is 0 Å². The van der Waals surface area contributed by atoms with Crippen molar-refractivity contribution in [2.45, 2.75) is 58.7 Å². The number of ether oxygens (including phenoxy) is 1. The van der Waals surface area contributed by atoms with Crippen LogP contribution in [0.5, 0.6) is 5.75 Å². The molecule has 1 aromatic rings. The van der Waals surface area contributed by atoms with Gasteiger partial charge in [-0.1, -0.05) is 39.0 Å². The van der Waals surface area contributed by atoms with Gasteiger partial charge in [0.05, 0.1) is 12.2 Å². The summed E-state index contributed by atoms with van der Waals surface area (Å²) in [6, 6.07) is 7.90. The van der Waals surface area contributed by atoms with E-state index < -0.39 is 6.10 Å². The molecule has 1 aromatic carbocycles. The summed E-state index contributed by atoms with van der Waals surface area (Å²) < 4.78 is 6.19. The van der Waals surface area contributed by atoms with Crippen LogP contribution in [0.25, 0.3) is 0 Å². The third kappa shape index (κ3) is 3.73. The van der Waals surface area contributed by atoms with Gasteiger partial charge in [0.25, 0.3) is 0 Å². The van der Waals surface area contributed by atoms with Crippen LogP contribution in [0.15, 0.2) is 24.3 Å². The standard InChI is InChI=1S/C17H26O2/c1-4-16(18)15-7-5-6-8-17(15)19-14-10-12(2)9-13(3)11-14/h5-8,12-14,16,18H,4,9-11H2,1-3H3. The third-order valence-corrected chi connectivity index (χ3v) is 4.09. The molecule has 0 aliphatic heterocycles. The first-order valence-electron chi connectivity index (χ1n) is 7.53. The maximum atomic E-state index is 10.1. The van der Waals surface area contributed by atoms with Gasteiger partial charge >= 0.3 is 0 Å². The summed E-state index contributed by atoms with van der Waals surface area (Å²) >= 11 is 0. The van der Waals surface area contributed by atoms with Crippen LogP contribution in [0.3, 0.4) is 0 Å². The highest BCUT2D eigenvalue weighted by atomic mass is 16.5. The SMILES string of the molecule is CCC(O)c1ccccc1OC1CC(C)CC(C)C1. The minimum absolute atomic E-state index is 0.295. The maximum absolute atomic E-state index is 10.1. The van der Waals surface area contributed by atoms with E-state index in [0.29, 0.717) is 6.10 Å². The molecule has 0 aromatic heterocycles. The summed E-state index contributed by atoms with van der Waals surface area (Å²) in [5, 5.41) is 10.1. The molecule has 0 spiro atoms. The highest BCUT2D eigenvalue weighted by molar-refractivity contribution is 5.35. The van der Waals surface area contributed by atoms with Crippen LogP contribution in [-0.4, -0.2) is 11.2 Å². The third-order valence-electron chi connectivity index (χ3n) is 4.09.